The third-order valence-corrected chi connectivity index (χ3v) is 5.44. The maximum atomic E-state index is 13.3. The molecule has 0 unspecified atom stereocenters. The van der Waals surface area contributed by atoms with Crippen molar-refractivity contribution in [3.63, 3.8) is 0 Å². The Hall–Kier alpha value is -3.62. The van der Waals surface area contributed by atoms with Crippen molar-refractivity contribution >= 4 is 16.9 Å². The largest absolute Gasteiger partial charge is 0.494 e. The Balaban J connectivity index is 2.21. The lowest BCUT2D eigenvalue weighted by Crippen LogP contribution is -2.39. The molecular weight excluding hydrogens is 398 g/mol. The maximum Gasteiger partial charge on any atom is 0.332 e. The average molecular weight is 423 g/mol. The Labute approximate surface area is 177 Å². The molecule has 0 spiro atoms. The van der Waals surface area contributed by atoms with Crippen molar-refractivity contribution in [3.05, 3.63) is 72.7 Å². The second-order valence-electron chi connectivity index (χ2n) is 8.10. The van der Waals surface area contributed by atoms with Gasteiger partial charge in [0.15, 0.2) is 11.2 Å². The van der Waals surface area contributed by atoms with E-state index in [1.54, 1.807) is 6.92 Å². The van der Waals surface area contributed by atoms with Gasteiger partial charge in [-0.2, -0.15) is 4.98 Å². The summed E-state index contributed by atoms with van der Waals surface area (Å²) in [5.74, 6) is 0.0542. The second kappa shape index (κ2) is 7.57. The van der Waals surface area contributed by atoms with Crippen LogP contribution in [0.3, 0.4) is 0 Å². The van der Waals surface area contributed by atoms with Crippen LogP contribution in [0.25, 0.3) is 16.9 Å². The third kappa shape index (κ3) is 3.17. The lowest BCUT2D eigenvalue weighted by molar-refractivity contribution is 0.412. The van der Waals surface area contributed by atoms with Crippen LogP contribution in [0.1, 0.15) is 31.9 Å². The summed E-state index contributed by atoms with van der Waals surface area (Å²) in [6.07, 6.45) is 0.279. The first-order chi connectivity index (χ1) is 14.8. The number of fused-ring (bicyclic) bond motifs is 3. The molecule has 0 bridgehead atoms. The van der Waals surface area contributed by atoms with E-state index < -0.39 is 16.8 Å². The molecule has 0 saturated carbocycles. The molecule has 1 aromatic carbocycles. The number of aromatic nitrogens is 5. The average Bonchev–Trinajstić information content (AvgIpc) is 3.14. The van der Waals surface area contributed by atoms with Crippen LogP contribution in [0.15, 0.2) is 44.7 Å². The van der Waals surface area contributed by atoms with E-state index >= 15 is 0 Å². The molecule has 3 heterocycles. The highest BCUT2D eigenvalue weighted by Gasteiger charge is 2.24. The van der Waals surface area contributed by atoms with Crippen LogP contribution >= 0.6 is 0 Å². The van der Waals surface area contributed by atoms with Crippen LogP contribution in [0.5, 0.6) is 5.88 Å². The minimum absolute atomic E-state index is 0.0410. The van der Waals surface area contributed by atoms with Crippen LogP contribution < -0.4 is 16.8 Å². The van der Waals surface area contributed by atoms with Crippen LogP contribution in [0.4, 0.5) is 0 Å². The fourth-order valence-electron chi connectivity index (χ4n) is 3.91. The van der Waals surface area contributed by atoms with E-state index in [0.717, 1.165) is 10.1 Å². The van der Waals surface area contributed by atoms with Crippen LogP contribution in [-0.2, 0) is 26.6 Å². The normalized spacial score (nSPS) is 11.8. The van der Waals surface area contributed by atoms with Gasteiger partial charge in [0.1, 0.15) is 0 Å². The Morgan fingerprint density at radius 1 is 1.03 bits per heavy atom. The zero-order chi connectivity index (χ0) is 22.4. The molecule has 0 aliphatic rings. The van der Waals surface area contributed by atoms with Gasteiger partial charge in [-0.25, -0.2) is 9.20 Å². The van der Waals surface area contributed by atoms with Gasteiger partial charge in [0, 0.05) is 13.6 Å². The molecule has 162 valence electrons. The van der Waals surface area contributed by atoms with Crippen molar-refractivity contribution in [2.45, 2.75) is 40.3 Å². The summed E-state index contributed by atoms with van der Waals surface area (Å²) in [4.78, 5) is 43.7. The van der Waals surface area contributed by atoms with Crippen molar-refractivity contribution in [2.75, 3.05) is 0 Å². The molecule has 0 fully saturated rings. The third-order valence-electron chi connectivity index (χ3n) is 5.44. The first-order valence-corrected chi connectivity index (χ1v) is 10.3. The van der Waals surface area contributed by atoms with Gasteiger partial charge in [-0.3, -0.25) is 23.3 Å². The maximum absolute atomic E-state index is 13.3. The monoisotopic (exact) mass is 423 g/mol. The van der Waals surface area contributed by atoms with Crippen LogP contribution in [0.2, 0.25) is 0 Å². The van der Waals surface area contributed by atoms with E-state index in [9.17, 15) is 19.5 Å². The molecule has 0 atom stereocenters. The molecule has 0 aliphatic carbocycles. The molecule has 0 aliphatic heterocycles. The Bertz CT molecular complexity index is 1470. The van der Waals surface area contributed by atoms with Gasteiger partial charge in [-0.1, -0.05) is 51.1 Å². The number of aromatic hydroxyl groups is 1. The zero-order valence-electron chi connectivity index (χ0n) is 18.0. The first kappa shape index (κ1) is 20.6. The molecule has 1 N–H and O–H groups in total. The predicted molar refractivity (Wildman–Crippen MR) is 118 cm³/mol. The number of nitrogens with zero attached hydrogens (tertiary/aromatic N) is 5. The fourth-order valence-corrected chi connectivity index (χ4v) is 3.91. The Kier molecular flexibility index (Phi) is 5.04. The van der Waals surface area contributed by atoms with E-state index in [0.29, 0.717) is 6.54 Å². The number of hydrogen-bond donors (Lipinski definition) is 1. The highest BCUT2D eigenvalue weighted by atomic mass is 16.3. The summed E-state index contributed by atoms with van der Waals surface area (Å²) < 4.78 is 5.16. The van der Waals surface area contributed by atoms with Crippen LogP contribution in [0, 0.1) is 5.92 Å². The van der Waals surface area contributed by atoms with Crippen molar-refractivity contribution in [3.8, 4) is 5.88 Å². The molecule has 3 aromatic heterocycles. The summed E-state index contributed by atoms with van der Waals surface area (Å²) in [6, 6.07) is 9.45. The van der Waals surface area contributed by atoms with E-state index in [-0.39, 0.29) is 47.3 Å². The second-order valence-corrected chi connectivity index (χ2v) is 8.10. The van der Waals surface area contributed by atoms with E-state index in [4.69, 9.17) is 0 Å². The number of benzene rings is 1. The smallest absolute Gasteiger partial charge is 0.332 e. The van der Waals surface area contributed by atoms with E-state index in [2.05, 4.69) is 4.98 Å². The Morgan fingerprint density at radius 2 is 1.71 bits per heavy atom. The van der Waals surface area contributed by atoms with Gasteiger partial charge < -0.3 is 5.11 Å². The van der Waals surface area contributed by atoms with Gasteiger partial charge in [0.05, 0.1) is 12.1 Å². The molecule has 4 aromatic rings. The van der Waals surface area contributed by atoms with Gasteiger partial charge in [-0.05, 0) is 17.9 Å². The SMILES string of the molecule is CCc1c(O)n(Cc2ccccc2)c2nc3c(c(=O)n(C)c(=O)n3CC(C)C)n2c1=O. The highest BCUT2D eigenvalue weighted by molar-refractivity contribution is 5.75. The molecule has 4 rings (SSSR count). The molecule has 31 heavy (non-hydrogen) atoms. The summed E-state index contributed by atoms with van der Waals surface area (Å²) in [5, 5.41) is 10.9. The lowest BCUT2D eigenvalue weighted by atomic mass is 10.2. The minimum atomic E-state index is -0.594. The van der Waals surface area contributed by atoms with Crippen molar-refractivity contribution in [1.29, 1.82) is 0 Å². The molecule has 0 amide bonds. The van der Waals surface area contributed by atoms with Gasteiger partial charge in [0.2, 0.25) is 11.7 Å². The van der Waals surface area contributed by atoms with E-state index in [1.165, 1.54) is 20.6 Å². The summed E-state index contributed by atoms with van der Waals surface area (Å²) in [5.41, 5.74) is -0.321. The van der Waals surface area contributed by atoms with Crippen molar-refractivity contribution in [2.24, 2.45) is 13.0 Å². The number of rotatable bonds is 5. The molecular formula is C22H25N5O4. The summed E-state index contributed by atoms with van der Waals surface area (Å²) in [7, 11) is 1.39. The highest BCUT2D eigenvalue weighted by Crippen LogP contribution is 2.22. The topological polar surface area (TPSA) is 104 Å². The molecule has 0 saturated heterocycles. The first-order valence-electron chi connectivity index (χ1n) is 10.3. The number of hydrogen-bond acceptors (Lipinski definition) is 5. The van der Waals surface area contributed by atoms with Crippen molar-refractivity contribution in [1.82, 2.24) is 23.1 Å². The van der Waals surface area contributed by atoms with Crippen LogP contribution in [-0.4, -0.2) is 28.2 Å². The zero-order valence-corrected chi connectivity index (χ0v) is 18.0. The van der Waals surface area contributed by atoms with Crippen molar-refractivity contribution < 1.29 is 5.11 Å². The summed E-state index contributed by atoms with van der Waals surface area (Å²) >= 11 is 0. The lowest BCUT2D eigenvalue weighted by Gasteiger charge is -2.14. The van der Waals surface area contributed by atoms with Gasteiger partial charge >= 0.3 is 5.69 Å². The molecule has 9 nitrogen and oxygen atoms in total. The number of imidazole rings is 1. The predicted octanol–water partition coefficient (Wildman–Crippen LogP) is 1.48. The quantitative estimate of drug-likeness (QED) is 0.524. The van der Waals surface area contributed by atoms with E-state index in [1.807, 2.05) is 44.2 Å². The Morgan fingerprint density at radius 3 is 2.32 bits per heavy atom. The summed E-state index contributed by atoms with van der Waals surface area (Å²) in [6.45, 7) is 6.26. The molecule has 0 radical (unpaired) electrons. The molecule has 9 heteroatoms. The minimum Gasteiger partial charge on any atom is -0.494 e. The fraction of sp³-hybridized carbons (Fsp3) is 0.364. The van der Waals surface area contributed by atoms with Gasteiger partial charge in [0.25, 0.3) is 11.1 Å². The standard InChI is InChI=1S/C22H25N5O4/c1-5-15-18(28)26(12-14-9-7-6-8-10-14)21-23-17-16(27(21)19(15)29)20(30)24(4)22(31)25(17)11-13(2)3/h6-10,13,28H,5,11-12H2,1-4H3. The van der Waals surface area contributed by atoms with Gasteiger partial charge in [-0.15, -0.1) is 0 Å².